The van der Waals surface area contributed by atoms with Crippen molar-refractivity contribution in [1.82, 2.24) is 9.88 Å². The third kappa shape index (κ3) is 3.56. The second kappa shape index (κ2) is 7.47. The van der Waals surface area contributed by atoms with Crippen LogP contribution in [0.4, 0.5) is 9.18 Å². The number of pyridine rings is 1. The van der Waals surface area contributed by atoms with Gasteiger partial charge in [0.1, 0.15) is 6.61 Å². The maximum atomic E-state index is 13.9. The Labute approximate surface area is 157 Å². The number of rotatable bonds is 4. The van der Waals surface area contributed by atoms with Crippen LogP contribution >= 0.6 is 0 Å². The maximum absolute atomic E-state index is 13.9. The predicted molar refractivity (Wildman–Crippen MR) is 96.5 cm³/mol. The largest absolute Gasteiger partial charge is 0.445 e. The first kappa shape index (κ1) is 17.6. The Morgan fingerprint density at radius 3 is 2.48 bits per heavy atom. The molecule has 5 nitrogen and oxygen atoms in total. The summed E-state index contributed by atoms with van der Waals surface area (Å²) in [4.78, 5) is 30.8. The van der Waals surface area contributed by atoms with E-state index in [2.05, 4.69) is 4.98 Å². The molecular formula is C21H21FN2O3. The highest BCUT2D eigenvalue weighted by Gasteiger charge is 2.46. The zero-order valence-corrected chi connectivity index (χ0v) is 14.9. The molecule has 2 fully saturated rings. The molecule has 0 radical (unpaired) electrons. The molecule has 2 atom stereocenters. The normalized spacial score (nSPS) is 23.9. The number of aromatic nitrogens is 1. The summed E-state index contributed by atoms with van der Waals surface area (Å²) in [5.41, 5.74) is 1.03. The molecule has 3 heterocycles. The van der Waals surface area contributed by atoms with Gasteiger partial charge in [0.25, 0.3) is 0 Å². The molecule has 1 aromatic heterocycles. The molecule has 2 aromatic rings. The Kier molecular flexibility index (Phi) is 4.88. The Morgan fingerprint density at radius 2 is 1.81 bits per heavy atom. The minimum absolute atomic E-state index is 0.0223. The highest BCUT2D eigenvalue weighted by molar-refractivity contribution is 5.98. The SMILES string of the molecule is O=C(c1ccncc1F)C1CC2CCC(C1)N2C(=O)OCc1ccccc1. The van der Waals surface area contributed by atoms with Crippen LogP contribution in [0.3, 0.4) is 0 Å². The summed E-state index contributed by atoms with van der Waals surface area (Å²) in [6, 6.07) is 10.9. The number of benzene rings is 1. The molecular weight excluding hydrogens is 347 g/mol. The van der Waals surface area contributed by atoms with Crippen LogP contribution < -0.4 is 0 Å². The fraction of sp³-hybridized carbons (Fsp3) is 0.381. The van der Waals surface area contributed by atoms with Crippen LogP contribution in [0, 0.1) is 11.7 Å². The van der Waals surface area contributed by atoms with Crippen LogP contribution in [-0.4, -0.2) is 33.8 Å². The lowest BCUT2D eigenvalue weighted by atomic mass is 9.85. The molecule has 1 amide bonds. The second-order valence-corrected chi connectivity index (χ2v) is 7.22. The summed E-state index contributed by atoms with van der Waals surface area (Å²) in [5.74, 6) is -1.04. The molecule has 0 spiro atoms. The molecule has 2 saturated heterocycles. The quantitative estimate of drug-likeness (QED) is 0.766. The Morgan fingerprint density at radius 1 is 1.11 bits per heavy atom. The summed E-state index contributed by atoms with van der Waals surface area (Å²) < 4.78 is 19.4. The Balaban J connectivity index is 1.41. The Hall–Kier alpha value is -2.76. The van der Waals surface area contributed by atoms with Crippen LogP contribution in [-0.2, 0) is 11.3 Å². The standard InChI is InChI=1S/C21H21FN2O3/c22-19-12-23-9-8-18(19)20(25)15-10-16-6-7-17(11-15)24(16)21(26)27-13-14-4-2-1-3-5-14/h1-5,8-9,12,15-17H,6-7,10-11,13H2. The molecule has 2 aliphatic heterocycles. The number of ketones is 1. The van der Waals surface area contributed by atoms with Crippen LogP contribution in [0.2, 0.25) is 0 Å². The van der Waals surface area contributed by atoms with Gasteiger partial charge in [-0.15, -0.1) is 0 Å². The smallest absolute Gasteiger partial charge is 0.410 e. The van der Waals surface area contributed by atoms with E-state index in [1.54, 1.807) is 4.90 Å². The van der Waals surface area contributed by atoms with Gasteiger partial charge < -0.3 is 9.64 Å². The first-order valence-electron chi connectivity index (χ1n) is 9.26. The first-order valence-corrected chi connectivity index (χ1v) is 9.26. The molecule has 1 aromatic carbocycles. The topological polar surface area (TPSA) is 59.5 Å². The molecule has 4 rings (SSSR count). The molecule has 27 heavy (non-hydrogen) atoms. The van der Waals surface area contributed by atoms with Crippen molar-refractivity contribution in [2.45, 2.75) is 44.4 Å². The zero-order valence-electron chi connectivity index (χ0n) is 14.9. The zero-order chi connectivity index (χ0) is 18.8. The van der Waals surface area contributed by atoms with Crippen molar-refractivity contribution in [3.63, 3.8) is 0 Å². The number of carbonyl (C=O) groups is 2. The average Bonchev–Trinajstić information content (AvgIpc) is 2.96. The minimum Gasteiger partial charge on any atom is -0.445 e. The van der Waals surface area contributed by atoms with E-state index in [4.69, 9.17) is 4.74 Å². The summed E-state index contributed by atoms with van der Waals surface area (Å²) in [6.07, 6.45) is 4.99. The number of piperidine rings is 1. The predicted octanol–water partition coefficient (Wildman–Crippen LogP) is 3.98. The maximum Gasteiger partial charge on any atom is 0.410 e. The first-order chi connectivity index (χ1) is 13.1. The van der Waals surface area contributed by atoms with Crippen LogP contribution in [0.15, 0.2) is 48.8 Å². The fourth-order valence-electron chi connectivity index (χ4n) is 4.28. The van der Waals surface area contributed by atoms with Crippen molar-refractivity contribution in [3.8, 4) is 0 Å². The second-order valence-electron chi connectivity index (χ2n) is 7.22. The van der Waals surface area contributed by atoms with Crippen LogP contribution in [0.25, 0.3) is 0 Å². The van der Waals surface area contributed by atoms with E-state index in [-0.39, 0.29) is 42.0 Å². The van der Waals surface area contributed by atoms with Gasteiger partial charge >= 0.3 is 6.09 Å². The molecule has 2 aliphatic rings. The minimum atomic E-state index is -0.584. The van der Waals surface area contributed by atoms with E-state index >= 15 is 0 Å². The van der Waals surface area contributed by atoms with E-state index in [9.17, 15) is 14.0 Å². The molecule has 0 aliphatic carbocycles. The monoisotopic (exact) mass is 368 g/mol. The number of amides is 1. The number of halogens is 1. The van der Waals surface area contributed by atoms with E-state index in [0.29, 0.717) is 12.8 Å². The lowest BCUT2D eigenvalue weighted by Gasteiger charge is -2.37. The number of hydrogen-bond donors (Lipinski definition) is 0. The summed E-state index contributed by atoms with van der Waals surface area (Å²) in [5, 5.41) is 0. The number of carbonyl (C=O) groups excluding carboxylic acids is 2. The van der Waals surface area contributed by atoms with Crippen LogP contribution in [0.1, 0.15) is 41.6 Å². The van der Waals surface area contributed by atoms with Crippen LogP contribution in [0.5, 0.6) is 0 Å². The van der Waals surface area contributed by atoms with Gasteiger partial charge in [-0.1, -0.05) is 30.3 Å². The van der Waals surface area contributed by atoms with Gasteiger partial charge in [-0.25, -0.2) is 9.18 Å². The highest BCUT2D eigenvalue weighted by Crippen LogP contribution is 2.40. The van der Waals surface area contributed by atoms with Gasteiger partial charge in [-0.3, -0.25) is 9.78 Å². The summed E-state index contributed by atoms with van der Waals surface area (Å²) in [6.45, 7) is 0.236. The number of Topliss-reactive ketones (excluding diaryl/α,β-unsaturated/α-hetero) is 1. The number of nitrogens with zero attached hydrogens (tertiary/aromatic N) is 2. The van der Waals surface area contributed by atoms with E-state index in [1.807, 2.05) is 30.3 Å². The number of hydrogen-bond acceptors (Lipinski definition) is 4. The number of ether oxygens (including phenoxy) is 1. The van der Waals surface area contributed by atoms with E-state index in [1.165, 1.54) is 12.3 Å². The fourth-order valence-corrected chi connectivity index (χ4v) is 4.28. The van der Waals surface area contributed by atoms with Gasteiger partial charge in [0.15, 0.2) is 11.6 Å². The van der Waals surface area contributed by atoms with Gasteiger partial charge in [0, 0.05) is 24.2 Å². The van der Waals surface area contributed by atoms with Gasteiger partial charge in [0.05, 0.1) is 11.8 Å². The van der Waals surface area contributed by atoms with Gasteiger partial charge in [0.2, 0.25) is 0 Å². The molecule has 0 saturated carbocycles. The third-order valence-corrected chi connectivity index (χ3v) is 5.56. The third-order valence-electron chi connectivity index (χ3n) is 5.56. The van der Waals surface area contributed by atoms with Crippen molar-refractivity contribution in [1.29, 1.82) is 0 Å². The van der Waals surface area contributed by atoms with Crippen molar-refractivity contribution in [3.05, 3.63) is 65.7 Å². The van der Waals surface area contributed by atoms with Gasteiger partial charge in [-0.05, 0) is 37.3 Å². The van der Waals surface area contributed by atoms with Gasteiger partial charge in [-0.2, -0.15) is 0 Å². The Bertz CT molecular complexity index is 828. The van der Waals surface area contributed by atoms with E-state index < -0.39 is 5.82 Å². The molecule has 2 unspecified atom stereocenters. The lowest BCUT2D eigenvalue weighted by Crippen LogP contribution is -2.48. The molecule has 140 valence electrons. The number of fused-ring (bicyclic) bond motifs is 2. The summed E-state index contributed by atoms with van der Waals surface area (Å²) >= 11 is 0. The lowest BCUT2D eigenvalue weighted by molar-refractivity contribution is 0.0483. The van der Waals surface area contributed by atoms with Crippen molar-refractivity contribution >= 4 is 11.9 Å². The highest BCUT2D eigenvalue weighted by atomic mass is 19.1. The van der Waals surface area contributed by atoms with Crippen molar-refractivity contribution in [2.75, 3.05) is 0 Å². The molecule has 2 bridgehead atoms. The van der Waals surface area contributed by atoms with Crippen molar-refractivity contribution < 1.29 is 18.7 Å². The summed E-state index contributed by atoms with van der Waals surface area (Å²) in [7, 11) is 0. The van der Waals surface area contributed by atoms with E-state index in [0.717, 1.165) is 24.6 Å². The molecule has 0 N–H and O–H groups in total. The van der Waals surface area contributed by atoms with Crippen molar-refractivity contribution in [2.24, 2.45) is 5.92 Å². The molecule has 6 heteroatoms. The average molecular weight is 368 g/mol.